The Morgan fingerprint density at radius 2 is 2.05 bits per heavy atom. The molecule has 1 aromatic carbocycles. The van der Waals surface area contributed by atoms with E-state index in [4.69, 9.17) is 9.63 Å². The summed E-state index contributed by atoms with van der Waals surface area (Å²) in [6.07, 6.45) is 1.27. The number of phenols is 1. The normalized spacial score (nSPS) is 10.2. The van der Waals surface area contributed by atoms with Crippen LogP contribution < -0.4 is 5.32 Å². The SMILES string of the molecule is Cc1oncc1C(=O)Nc1ccc(C(=O)O)c(O)c1. The van der Waals surface area contributed by atoms with Gasteiger partial charge in [-0.1, -0.05) is 5.16 Å². The second-order valence-corrected chi connectivity index (χ2v) is 3.79. The highest BCUT2D eigenvalue weighted by Gasteiger charge is 2.15. The predicted octanol–water partition coefficient (Wildman–Crippen LogP) is 1.64. The van der Waals surface area contributed by atoms with E-state index in [0.29, 0.717) is 5.76 Å². The van der Waals surface area contributed by atoms with E-state index in [0.717, 1.165) is 6.07 Å². The molecule has 0 aliphatic carbocycles. The number of hydrogen-bond acceptors (Lipinski definition) is 5. The number of aryl methyl sites for hydroxylation is 1. The molecule has 0 aliphatic rings. The van der Waals surface area contributed by atoms with E-state index >= 15 is 0 Å². The average Bonchev–Trinajstić information content (AvgIpc) is 2.75. The van der Waals surface area contributed by atoms with Gasteiger partial charge in [-0.25, -0.2) is 4.79 Å². The molecule has 19 heavy (non-hydrogen) atoms. The van der Waals surface area contributed by atoms with Crippen LogP contribution in [0.15, 0.2) is 28.9 Å². The molecule has 2 aromatic rings. The van der Waals surface area contributed by atoms with Crippen molar-refractivity contribution in [2.24, 2.45) is 0 Å². The van der Waals surface area contributed by atoms with Crippen LogP contribution in [0.2, 0.25) is 0 Å². The van der Waals surface area contributed by atoms with Crippen molar-refractivity contribution in [2.45, 2.75) is 6.92 Å². The van der Waals surface area contributed by atoms with Crippen molar-refractivity contribution in [3.63, 3.8) is 0 Å². The van der Waals surface area contributed by atoms with E-state index in [2.05, 4.69) is 10.5 Å². The minimum Gasteiger partial charge on any atom is -0.507 e. The number of nitrogens with one attached hydrogen (secondary N) is 1. The Kier molecular flexibility index (Phi) is 3.19. The summed E-state index contributed by atoms with van der Waals surface area (Å²) < 4.78 is 4.76. The molecule has 0 spiro atoms. The molecule has 0 radical (unpaired) electrons. The molecule has 0 aliphatic heterocycles. The molecule has 3 N–H and O–H groups in total. The van der Waals surface area contributed by atoms with Crippen LogP contribution in [0.4, 0.5) is 5.69 Å². The molecule has 2 rings (SSSR count). The van der Waals surface area contributed by atoms with Crippen molar-refractivity contribution >= 4 is 17.6 Å². The topological polar surface area (TPSA) is 113 Å². The van der Waals surface area contributed by atoms with Gasteiger partial charge in [-0.15, -0.1) is 0 Å². The predicted molar refractivity (Wildman–Crippen MR) is 64.3 cm³/mol. The van der Waals surface area contributed by atoms with Gasteiger partial charge in [-0.2, -0.15) is 0 Å². The Balaban J connectivity index is 2.21. The van der Waals surface area contributed by atoms with Gasteiger partial charge in [0.1, 0.15) is 22.6 Å². The lowest BCUT2D eigenvalue weighted by atomic mass is 10.1. The molecule has 7 nitrogen and oxygen atoms in total. The summed E-state index contributed by atoms with van der Waals surface area (Å²) in [5, 5.41) is 24.2. The zero-order valence-corrected chi connectivity index (χ0v) is 9.88. The van der Waals surface area contributed by atoms with E-state index in [-0.39, 0.29) is 16.8 Å². The fraction of sp³-hybridized carbons (Fsp3) is 0.0833. The standard InChI is InChI=1S/C12H10N2O5/c1-6-9(5-13-19-6)11(16)14-7-2-3-8(12(17)18)10(15)4-7/h2-5,15H,1H3,(H,14,16)(H,17,18). The number of hydrogen-bond donors (Lipinski definition) is 3. The number of rotatable bonds is 3. The van der Waals surface area contributed by atoms with Crippen molar-refractivity contribution in [1.29, 1.82) is 0 Å². The molecule has 0 fully saturated rings. The number of aromatic nitrogens is 1. The van der Waals surface area contributed by atoms with Gasteiger partial charge in [0.15, 0.2) is 0 Å². The van der Waals surface area contributed by atoms with E-state index < -0.39 is 17.6 Å². The van der Waals surface area contributed by atoms with Crippen molar-refractivity contribution in [2.75, 3.05) is 5.32 Å². The molecule has 7 heteroatoms. The summed E-state index contributed by atoms with van der Waals surface area (Å²) in [7, 11) is 0. The van der Waals surface area contributed by atoms with Crippen molar-refractivity contribution in [3.8, 4) is 5.75 Å². The highest BCUT2D eigenvalue weighted by atomic mass is 16.5. The highest BCUT2D eigenvalue weighted by molar-refractivity contribution is 6.05. The molecular formula is C12H10N2O5. The van der Waals surface area contributed by atoms with Crippen molar-refractivity contribution in [1.82, 2.24) is 5.16 Å². The Morgan fingerprint density at radius 3 is 2.58 bits per heavy atom. The number of carboxylic acids is 1. The molecule has 1 aromatic heterocycles. The Hall–Kier alpha value is -2.83. The zero-order chi connectivity index (χ0) is 14.0. The molecule has 1 heterocycles. The second kappa shape index (κ2) is 4.81. The summed E-state index contributed by atoms with van der Waals surface area (Å²) >= 11 is 0. The Labute approximate surface area is 107 Å². The van der Waals surface area contributed by atoms with Gasteiger partial charge in [0.2, 0.25) is 0 Å². The number of aromatic carboxylic acids is 1. The number of benzene rings is 1. The van der Waals surface area contributed by atoms with Gasteiger partial charge < -0.3 is 20.1 Å². The number of nitrogens with zero attached hydrogens (tertiary/aromatic N) is 1. The molecule has 0 saturated heterocycles. The minimum absolute atomic E-state index is 0.237. The minimum atomic E-state index is -1.25. The maximum Gasteiger partial charge on any atom is 0.339 e. The molecule has 0 unspecified atom stereocenters. The number of aromatic hydroxyl groups is 1. The monoisotopic (exact) mass is 262 g/mol. The first-order chi connectivity index (χ1) is 8.99. The number of carboxylic acid groups (broad SMARTS) is 1. The lowest BCUT2D eigenvalue weighted by Crippen LogP contribution is -2.12. The molecule has 98 valence electrons. The molecule has 1 amide bonds. The second-order valence-electron chi connectivity index (χ2n) is 3.79. The lowest BCUT2D eigenvalue weighted by molar-refractivity contribution is 0.0693. The summed E-state index contributed by atoms with van der Waals surface area (Å²) in [4.78, 5) is 22.5. The summed E-state index contributed by atoms with van der Waals surface area (Å²) in [5.74, 6) is -1.76. The smallest absolute Gasteiger partial charge is 0.339 e. The third kappa shape index (κ3) is 2.54. The number of anilines is 1. The van der Waals surface area contributed by atoms with Crippen LogP contribution in [0.1, 0.15) is 26.5 Å². The molecule has 0 saturated carbocycles. The summed E-state index contributed by atoms with van der Waals surface area (Å²) in [6, 6.07) is 3.74. The maximum absolute atomic E-state index is 11.8. The molecular weight excluding hydrogens is 252 g/mol. The van der Waals surface area contributed by atoms with Gasteiger partial charge >= 0.3 is 5.97 Å². The van der Waals surface area contributed by atoms with Crippen LogP contribution in [-0.2, 0) is 0 Å². The maximum atomic E-state index is 11.8. The quantitative estimate of drug-likeness (QED) is 0.775. The largest absolute Gasteiger partial charge is 0.507 e. The molecule has 0 atom stereocenters. The van der Waals surface area contributed by atoms with E-state index in [1.165, 1.54) is 18.3 Å². The van der Waals surface area contributed by atoms with Crippen molar-refractivity contribution < 1.29 is 24.3 Å². The van der Waals surface area contributed by atoms with Crippen LogP contribution in [0.5, 0.6) is 5.75 Å². The van der Waals surface area contributed by atoms with Crippen LogP contribution in [0.25, 0.3) is 0 Å². The first kappa shape index (κ1) is 12.6. The third-order valence-corrected chi connectivity index (χ3v) is 2.48. The van der Waals surface area contributed by atoms with Crippen molar-refractivity contribution in [3.05, 3.63) is 41.3 Å². The number of carbonyl (C=O) groups excluding carboxylic acids is 1. The van der Waals surface area contributed by atoms with Crippen LogP contribution >= 0.6 is 0 Å². The lowest BCUT2D eigenvalue weighted by Gasteiger charge is -2.06. The van der Waals surface area contributed by atoms with E-state index in [1.54, 1.807) is 6.92 Å². The fourth-order valence-corrected chi connectivity index (χ4v) is 1.51. The zero-order valence-electron chi connectivity index (χ0n) is 9.88. The fourth-order valence-electron chi connectivity index (χ4n) is 1.51. The average molecular weight is 262 g/mol. The first-order valence-electron chi connectivity index (χ1n) is 5.28. The van der Waals surface area contributed by atoms with Crippen LogP contribution in [0, 0.1) is 6.92 Å². The summed E-state index contributed by atoms with van der Waals surface area (Å²) in [6.45, 7) is 1.59. The summed E-state index contributed by atoms with van der Waals surface area (Å²) in [5.41, 5.74) is 0.300. The first-order valence-corrected chi connectivity index (χ1v) is 5.28. The van der Waals surface area contributed by atoms with E-state index in [1.807, 2.05) is 0 Å². The van der Waals surface area contributed by atoms with Gasteiger partial charge in [0.25, 0.3) is 5.91 Å². The Morgan fingerprint density at radius 1 is 1.32 bits per heavy atom. The van der Waals surface area contributed by atoms with Gasteiger partial charge in [-0.3, -0.25) is 4.79 Å². The highest BCUT2D eigenvalue weighted by Crippen LogP contribution is 2.22. The van der Waals surface area contributed by atoms with Gasteiger partial charge in [0.05, 0.1) is 6.20 Å². The van der Waals surface area contributed by atoms with Crippen LogP contribution in [0.3, 0.4) is 0 Å². The van der Waals surface area contributed by atoms with Crippen LogP contribution in [-0.4, -0.2) is 27.2 Å². The van der Waals surface area contributed by atoms with Gasteiger partial charge in [-0.05, 0) is 19.1 Å². The van der Waals surface area contributed by atoms with E-state index in [9.17, 15) is 14.7 Å². The third-order valence-electron chi connectivity index (χ3n) is 2.48. The number of carbonyl (C=O) groups is 2. The van der Waals surface area contributed by atoms with Gasteiger partial charge in [0, 0.05) is 11.8 Å². The number of amides is 1. The Bertz CT molecular complexity index is 647. The molecule has 0 bridgehead atoms.